The molecule has 1 aromatic carbocycles. The Bertz CT molecular complexity index is 334. The van der Waals surface area contributed by atoms with Crippen LogP contribution in [0.1, 0.15) is 0 Å². The molecule has 0 fully saturated rings. The summed E-state index contributed by atoms with van der Waals surface area (Å²) in [6.07, 6.45) is 0. The highest BCUT2D eigenvalue weighted by atomic mass is 79.9. The lowest BCUT2D eigenvalue weighted by Crippen LogP contribution is -2.31. The van der Waals surface area contributed by atoms with Crippen molar-refractivity contribution in [3.63, 3.8) is 0 Å². The highest BCUT2D eigenvalue weighted by Crippen LogP contribution is 2.15. The fraction of sp³-hybridized carbons (Fsp3) is 0.538. The Morgan fingerprint density at radius 3 is 2.61 bits per heavy atom. The number of halogens is 2. The molecule has 0 spiro atoms. The topological polar surface area (TPSA) is 21.7 Å². The first kappa shape index (κ1) is 15.8. The van der Waals surface area contributed by atoms with Gasteiger partial charge in [0.2, 0.25) is 0 Å². The summed E-state index contributed by atoms with van der Waals surface area (Å²) in [5.41, 5.74) is 0. The van der Waals surface area contributed by atoms with E-state index in [4.69, 9.17) is 21.1 Å². The number of alkyl halides is 1. The number of hydrogen-bond acceptors (Lipinski definition) is 3. The lowest BCUT2D eigenvalue weighted by molar-refractivity contribution is 0.175. The molecule has 1 rings (SSSR count). The van der Waals surface area contributed by atoms with Gasteiger partial charge in [-0.2, -0.15) is 0 Å². The minimum Gasteiger partial charge on any atom is -0.492 e. The second-order valence-corrected chi connectivity index (χ2v) is 5.65. The van der Waals surface area contributed by atoms with Crippen molar-refractivity contribution in [2.24, 2.45) is 0 Å². The number of methoxy groups -OCH3 is 1. The Morgan fingerprint density at radius 2 is 2.00 bits per heavy atom. The summed E-state index contributed by atoms with van der Waals surface area (Å²) in [7, 11) is 3.68. The number of hydrogen-bond donors (Lipinski definition) is 0. The molecule has 1 aromatic rings. The summed E-state index contributed by atoms with van der Waals surface area (Å²) >= 11 is 9.46. The third-order valence-corrected chi connectivity index (χ3v) is 3.21. The largest absolute Gasteiger partial charge is 0.492 e. The van der Waals surface area contributed by atoms with Crippen molar-refractivity contribution in [1.29, 1.82) is 0 Å². The number of likely N-dealkylation sites (N-methyl/N-ethyl adjacent to an activating group) is 1. The molecule has 5 heteroatoms. The van der Waals surface area contributed by atoms with Gasteiger partial charge in [-0.3, -0.25) is 0 Å². The van der Waals surface area contributed by atoms with E-state index in [1.807, 2.05) is 31.3 Å². The predicted octanol–water partition coefficient (Wildman–Crippen LogP) is 3.01. The van der Waals surface area contributed by atoms with E-state index in [9.17, 15) is 0 Å². The van der Waals surface area contributed by atoms with E-state index in [1.165, 1.54) is 0 Å². The molecule has 0 aliphatic heterocycles. The van der Waals surface area contributed by atoms with Crippen molar-refractivity contribution in [3.8, 4) is 5.75 Å². The van der Waals surface area contributed by atoms with Gasteiger partial charge >= 0.3 is 0 Å². The SMILES string of the molecule is COCC(Cl)CN(C)CCOc1ccc(Br)cc1. The summed E-state index contributed by atoms with van der Waals surface area (Å²) in [6.45, 7) is 2.84. The Morgan fingerprint density at radius 1 is 1.33 bits per heavy atom. The molecule has 102 valence electrons. The average molecular weight is 337 g/mol. The smallest absolute Gasteiger partial charge is 0.119 e. The van der Waals surface area contributed by atoms with Crippen LogP contribution in [0.3, 0.4) is 0 Å². The molecule has 0 saturated carbocycles. The molecule has 0 saturated heterocycles. The minimum absolute atomic E-state index is 0.0210. The minimum atomic E-state index is 0.0210. The standard InChI is InChI=1S/C13H19BrClNO2/c1-16(9-12(15)10-17-2)7-8-18-13-5-3-11(14)4-6-13/h3-6,12H,7-10H2,1-2H3. The average Bonchev–Trinajstić information content (AvgIpc) is 2.32. The second kappa shape index (κ2) is 8.75. The van der Waals surface area contributed by atoms with Gasteiger partial charge in [0.05, 0.1) is 12.0 Å². The van der Waals surface area contributed by atoms with E-state index < -0.39 is 0 Å². The maximum Gasteiger partial charge on any atom is 0.119 e. The van der Waals surface area contributed by atoms with Crippen molar-refractivity contribution in [3.05, 3.63) is 28.7 Å². The van der Waals surface area contributed by atoms with Crippen molar-refractivity contribution >= 4 is 27.5 Å². The molecule has 0 aromatic heterocycles. The van der Waals surface area contributed by atoms with E-state index in [0.29, 0.717) is 13.2 Å². The molecule has 1 atom stereocenters. The zero-order chi connectivity index (χ0) is 13.4. The van der Waals surface area contributed by atoms with Crippen LogP contribution in [0.4, 0.5) is 0 Å². The molecule has 0 radical (unpaired) electrons. The third-order valence-electron chi connectivity index (χ3n) is 2.41. The van der Waals surface area contributed by atoms with E-state index in [1.54, 1.807) is 7.11 Å². The van der Waals surface area contributed by atoms with Crippen molar-refractivity contribution in [2.45, 2.75) is 5.38 Å². The highest BCUT2D eigenvalue weighted by molar-refractivity contribution is 9.10. The quantitative estimate of drug-likeness (QED) is 0.681. The lowest BCUT2D eigenvalue weighted by atomic mass is 10.3. The fourth-order valence-corrected chi connectivity index (χ4v) is 2.14. The van der Waals surface area contributed by atoms with Gasteiger partial charge in [0.25, 0.3) is 0 Å². The van der Waals surface area contributed by atoms with Gasteiger partial charge in [0, 0.05) is 24.7 Å². The number of rotatable bonds is 8. The van der Waals surface area contributed by atoms with Crippen LogP contribution in [-0.4, -0.2) is 50.7 Å². The molecular formula is C13H19BrClNO2. The maximum atomic E-state index is 6.08. The summed E-state index contributed by atoms with van der Waals surface area (Å²) in [5, 5.41) is 0.0210. The number of benzene rings is 1. The Balaban J connectivity index is 2.18. The van der Waals surface area contributed by atoms with Gasteiger partial charge in [0.1, 0.15) is 12.4 Å². The summed E-state index contributed by atoms with van der Waals surface area (Å²) in [6, 6.07) is 7.82. The maximum absolute atomic E-state index is 6.08. The van der Waals surface area contributed by atoms with Gasteiger partial charge < -0.3 is 14.4 Å². The van der Waals surface area contributed by atoms with E-state index in [2.05, 4.69) is 20.8 Å². The van der Waals surface area contributed by atoms with E-state index in [0.717, 1.165) is 23.3 Å². The molecule has 1 unspecified atom stereocenters. The van der Waals surface area contributed by atoms with Crippen LogP contribution in [0, 0.1) is 0 Å². The first-order valence-corrected chi connectivity index (χ1v) is 7.04. The molecule has 3 nitrogen and oxygen atoms in total. The normalized spacial score (nSPS) is 12.7. The van der Waals surface area contributed by atoms with Crippen LogP contribution in [0.15, 0.2) is 28.7 Å². The fourth-order valence-electron chi connectivity index (χ4n) is 1.51. The van der Waals surface area contributed by atoms with Gasteiger partial charge in [0.15, 0.2) is 0 Å². The first-order chi connectivity index (χ1) is 8.61. The monoisotopic (exact) mass is 335 g/mol. The third kappa shape index (κ3) is 6.59. The summed E-state index contributed by atoms with van der Waals surface area (Å²) < 4.78 is 11.7. The zero-order valence-electron chi connectivity index (χ0n) is 10.7. The van der Waals surface area contributed by atoms with Gasteiger partial charge in [-0.25, -0.2) is 0 Å². The summed E-state index contributed by atoms with van der Waals surface area (Å²) in [5.74, 6) is 0.880. The van der Waals surface area contributed by atoms with E-state index >= 15 is 0 Å². The first-order valence-electron chi connectivity index (χ1n) is 5.81. The summed E-state index contributed by atoms with van der Waals surface area (Å²) in [4.78, 5) is 2.13. The van der Waals surface area contributed by atoms with Gasteiger partial charge in [-0.05, 0) is 31.3 Å². The van der Waals surface area contributed by atoms with Crippen molar-refractivity contribution in [1.82, 2.24) is 4.90 Å². The molecule has 0 amide bonds. The molecule has 18 heavy (non-hydrogen) atoms. The van der Waals surface area contributed by atoms with Crippen LogP contribution in [0.25, 0.3) is 0 Å². The second-order valence-electron chi connectivity index (χ2n) is 4.12. The van der Waals surface area contributed by atoms with Gasteiger partial charge in [-0.15, -0.1) is 11.6 Å². The van der Waals surface area contributed by atoms with Gasteiger partial charge in [-0.1, -0.05) is 15.9 Å². The van der Waals surface area contributed by atoms with Crippen LogP contribution in [-0.2, 0) is 4.74 Å². The van der Waals surface area contributed by atoms with Crippen molar-refractivity contribution in [2.75, 3.05) is 40.5 Å². The predicted molar refractivity (Wildman–Crippen MR) is 78.7 cm³/mol. The molecule has 0 aliphatic rings. The number of nitrogens with zero attached hydrogens (tertiary/aromatic N) is 1. The Hall–Kier alpha value is -0.290. The van der Waals surface area contributed by atoms with Crippen LogP contribution >= 0.6 is 27.5 Å². The van der Waals surface area contributed by atoms with E-state index in [-0.39, 0.29) is 5.38 Å². The molecular weight excluding hydrogens is 318 g/mol. The van der Waals surface area contributed by atoms with Crippen LogP contribution < -0.4 is 4.74 Å². The Kier molecular flexibility index (Phi) is 7.66. The molecule has 0 N–H and O–H groups in total. The molecule has 0 bridgehead atoms. The molecule has 0 heterocycles. The zero-order valence-corrected chi connectivity index (χ0v) is 13.1. The molecule has 0 aliphatic carbocycles. The van der Waals surface area contributed by atoms with Crippen LogP contribution in [0.5, 0.6) is 5.75 Å². The lowest BCUT2D eigenvalue weighted by Gasteiger charge is -2.19. The Labute approximate surface area is 122 Å². The van der Waals surface area contributed by atoms with Crippen molar-refractivity contribution < 1.29 is 9.47 Å². The number of ether oxygens (including phenoxy) is 2. The highest BCUT2D eigenvalue weighted by Gasteiger charge is 2.07. The van der Waals surface area contributed by atoms with Crippen LogP contribution in [0.2, 0.25) is 0 Å².